The lowest BCUT2D eigenvalue weighted by Crippen LogP contribution is -2.51. The van der Waals surface area contributed by atoms with Crippen LogP contribution in [0.3, 0.4) is 0 Å². The van der Waals surface area contributed by atoms with Crippen LogP contribution >= 0.6 is 11.6 Å². The number of rotatable bonds is 6. The van der Waals surface area contributed by atoms with Crippen LogP contribution in [0.15, 0.2) is 35.5 Å². The van der Waals surface area contributed by atoms with Gasteiger partial charge < -0.3 is 14.7 Å². The Morgan fingerprint density at radius 3 is 2.26 bits per heavy atom. The topological polar surface area (TPSA) is 99.1 Å². The van der Waals surface area contributed by atoms with Crippen molar-refractivity contribution in [2.24, 2.45) is 0 Å². The van der Waals surface area contributed by atoms with E-state index in [4.69, 9.17) is 11.6 Å². The highest BCUT2D eigenvalue weighted by molar-refractivity contribution is 7.89. The summed E-state index contributed by atoms with van der Waals surface area (Å²) in [6, 6.07) is 7.48. The van der Waals surface area contributed by atoms with E-state index in [-0.39, 0.29) is 35.5 Å². The third-order valence-electron chi connectivity index (χ3n) is 6.42. The molecule has 2 aliphatic rings. The maximum Gasteiger partial charge on any atom is 0.263 e. The van der Waals surface area contributed by atoms with Gasteiger partial charge in [0.25, 0.3) is 15.9 Å². The summed E-state index contributed by atoms with van der Waals surface area (Å²) in [7, 11) is -3.98. The fraction of sp³-hybridized carbons (Fsp3) is 0.522. The largest absolute Gasteiger partial charge is 0.369 e. The van der Waals surface area contributed by atoms with E-state index in [1.54, 1.807) is 15.9 Å². The van der Waals surface area contributed by atoms with Crippen molar-refractivity contribution in [1.82, 2.24) is 23.9 Å². The van der Waals surface area contributed by atoms with Crippen LogP contribution in [0.1, 0.15) is 30.6 Å². The molecule has 0 unspecified atom stereocenters. The van der Waals surface area contributed by atoms with Gasteiger partial charge in [0.2, 0.25) is 10.9 Å². The van der Waals surface area contributed by atoms with Crippen LogP contribution in [0.4, 0.5) is 5.69 Å². The van der Waals surface area contributed by atoms with Crippen LogP contribution in [-0.4, -0.2) is 96.5 Å². The van der Waals surface area contributed by atoms with Crippen molar-refractivity contribution in [3.63, 3.8) is 0 Å². The van der Waals surface area contributed by atoms with E-state index in [9.17, 15) is 18.0 Å². The maximum atomic E-state index is 13.6. The van der Waals surface area contributed by atoms with E-state index in [1.165, 1.54) is 22.1 Å². The minimum absolute atomic E-state index is 0.0342. The number of aromatic nitrogens is 2. The summed E-state index contributed by atoms with van der Waals surface area (Å²) < 4.78 is 30.2. The molecule has 35 heavy (non-hydrogen) atoms. The van der Waals surface area contributed by atoms with E-state index in [0.29, 0.717) is 50.8 Å². The van der Waals surface area contributed by atoms with E-state index in [2.05, 4.69) is 10.00 Å². The van der Waals surface area contributed by atoms with Crippen molar-refractivity contribution >= 4 is 39.1 Å². The summed E-state index contributed by atoms with van der Waals surface area (Å²) in [6.45, 7) is 7.12. The fourth-order valence-electron chi connectivity index (χ4n) is 4.46. The van der Waals surface area contributed by atoms with Gasteiger partial charge in [0.15, 0.2) is 0 Å². The van der Waals surface area contributed by atoms with Gasteiger partial charge in [0.1, 0.15) is 0 Å². The molecule has 12 heteroatoms. The van der Waals surface area contributed by atoms with Gasteiger partial charge in [-0.3, -0.25) is 14.3 Å². The molecule has 0 bridgehead atoms. The second-order valence-electron chi connectivity index (χ2n) is 8.78. The Hall–Kier alpha value is -2.63. The predicted molar refractivity (Wildman–Crippen MR) is 133 cm³/mol. The smallest absolute Gasteiger partial charge is 0.263 e. The molecule has 2 fully saturated rings. The highest BCUT2D eigenvalue weighted by Gasteiger charge is 2.36. The van der Waals surface area contributed by atoms with Crippen LogP contribution in [0.25, 0.3) is 0 Å². The fourth-order valence-corrected chi connectivity index (χ4v) is 6.16. The molecule has 0 atom stereocenters. The Balaban J connectivity index is 1.53. The van der Waals surface area contributed by atoms with E-state index in [0.717, 1.165) is 12.1 Å². The van der Waals surface area contributed by atoms with Crippen LogP contribution in [0.5, 0.6) is 0 Å². The molecule has 4 rings (SSSR count). The van der Waals surface area contributed by atoms with Crippen molar-refractivity contribution in [2.75, 3.05) is 57.3 Å². The summed E-state index contributed by atoms with van der Waals surface area (Å²) in [6.07, 6.45) is 2.29. The highest BCUT2D eigenvalue weighted by Crippen LogP contribution is 2.25. The zero-order valence-corrected chi connectivity index (χ0v) is 21.6. The summed E-state index contributed by atoms with van der Waals surface area (Å²) in [5.41, 5.74) is 1.04. The predicted octanol–water partition coefficient (Wildman–Crippen LogP) is 1.76. The molecule has 0 saturated carbocycles. The number of nitrogens with zero attached hydrogens (tertiary/aromatic N) is 6. The molecule has 2 aliphatic heterocycles. The average molecular weight is 523 g/mol. The number of hydrogen-bond donors (Lipinski definition) is 0. The first-order valence-electron chi connectivity index (χ1n) is 11.8. The number of piperazine rings is 2. The number of sulfonamides is 1. The standard InChI is InChI=1S/C23H31ClN6O4S/c1-3-7-29-17-21(23(32)28-10-8-26(9-11-28)18(2)31)22(25-29)35(33,34)30-14-12-27(13-15-30)20-6-4-5-19(24)16-20/h4-6,16-17H,3,7-15H2,1-2H3. The molecule has 3 heterocycles. The number of amides is 2. The number of anilines is 1. The molecule has 0 N–H and O–H groups in total. The summed E-state index contributed by atoms with van der Waals surface area (Å²) in [5, 5.41) is 4.78. The first-order chi connectivity index (χ1) is 16.7. The zero-order chi connectivity index (χ0) is 25.2. The Morgan fingerprint density at radius 2 is 1.66 bits per heavy atom. The molecule has 0 spiro atoms. The molecule has 2 aromatic rings. The molecule has 2 amide bonds. The van der Waals surface area contributed by atoms with Gasteiger partial charge in [-0.2, -0.15) is 9.40 Å². The van der Waals surface area contributed by atoms with Gasteiger partial charge in [-0.15, -0.1) is 0 Å². The lowest BCUT2D eigenvalue weighted by Gasteiger charge is -2.35. The quantitative estimate of drug-likeness (QED) is 0.573. The molecule has 0 radical (unpaired) electrons. The summed E-state index contributed by atoms with van der Waals surface area (Å²) in [4.78, 5) is 30.4. The number of carbonyl (C=O) groups excluding carboxylic acids is 2. The number of carbonyl (C=O) groups is 2. The molecule has 10 nitrogen and oxygen atoms in total. The van der Waals surface area contributed by atoms with Crippen LogP contribution < -0.4 is 4.90 Å². The summed E-state index contributed by atoms with van der Waals surface area (Å²) >= 11 is 6.11. The van der Waals surface area contributed by atoms with Gasteiger partial charge in [0.05, 0.1) is 5.56 Å². The lowest BCUT2D eigenvalue weighted by atomic mass is 10.2. The minimum atomic E-state index is -3.98. The van der Waals surface area contributed by atoms with Gasteiger partial charge in [0, 0.05) is 82.7 Å². The lowest BCUT2D eigenvalue weighted by molar-refractivity contribution is -0.130. The molecule has 0 aliphatic carbocycles. The Morgan fingerprint density at radius 1 is 1.00 bits per heavy atom. The van der Waals surface area contributed by atoms with Crippen LogP contribution in [0, 0.1) is 0 Å². The van der Waals surface area contributed by atoms with Crippen molar-refractivity contribution in [1.29, 1.82) is 0 Å². The third kappa shape index (κ3) is 5.46. The molecule has 1 aromatic carbocycles. The van der Waals surface area contributed by atoms with Crippen LogP contribution in [-0.2, 0) is 21.4 Å². The second kappa shape index (κ2) is 10.5. The van der Waals surface area contributed by atoms with Crippen LogP contribution in [0.2, 0.25) is 5.02 Å². The van der Waals surface area contributed by atoms with Crippen molar-refractivity contribution in [3.05, 3.63) is 41.0 Å². The Kier molecular flexibility index (Phi) is 7.67. The van der Waals surface area contributed by atoms with E-state index >= 15 is 0 Å². The molecule has 190 valence electrons. The molecule has 2 saturated heterocycles. The van der Waals surface area contributed by atoms with Gasteiger partial charge in [-0.05, 0) is 24.6 Å². The zero-order valence-electron chi connectivity index (χ0n) is 20.1. The Labute approximate surface area is 211 Å². The number of halogens is 1. The second-order valence-corrected chi connectivity index (χ2v) is 11.1. The summed E-state index contributed by atoms with van der Waals surface area (Å²) in [5.74, 6) is -0.403. The van der Waals surface area contributed by atoms with Gasteiger partial charge in [-0.1, -0.05) is 24.6 Å². The molecular weight excluding hydrogens is 492 g/mol. The minimum Gasteiger partial charge on any atom is -0.369 e. The number of aryl methyl sites for hydroxylation is 1. The van der Waals surface area contributed by atoms with Crippen molar-refractivity contribution in [3.8, 4) is 0 Å². The first kappa shape index (κ1) is 25.5. The first-order valence-corrected chi connectivity index (χ1v) is 13.7. The number of hydrogen-bond acceptors (Lipinski definition) is 6. The monoisotopic (exact) mass is 522 g/mol. The van der Waals surface area contributed by atoms with E-state index < -0.39 is 10.0 Å². The highest BCUT2D eigenvalue weighted by atomic mass is 35.5. The van der Waals surface area contributed by atoms with Gasteiger partial charge in [-0.25, -0.2) is 8.42 Å². The number of benzene rings is 1. The van der Waals surface area contributed by atoms with Gasteiger partial charge >= 0.3 is 0 Å². The maximum absolute atomic E-state index is 13.6. The molecule has 1 aromatic heterocycles. The molecular formula is C23H31ClN6O4S. The SMILES string of the molecule is CCCn1cc(C(=O)N2CCN(C(C)=O)CC2)c(S(=O)(=O)N2CCN(c3cccc(Cl)c3)CC2)n1. The van der Waals surface area contributed by atoms with Crippen molar-refractivity contribution in [2.45, 2.75) is 31.8 Å². The third-order valence-corrected chi connectivity index (χ3v) is 8.49. The average Bonchev–Trinajstić information content (AvgIpc) is 3.29. The van der Waals surface area contributed by atoms with E-state index in [1.807, 2.05) is 25.1 Å². The Bertz CT molecular complexity index is 1180. The van der Waals surface area contributed by atoms with Crippen molar-refractivity contribution < 1.29 is 18.0 Å². The normalized spacial score (nSPS) is 17.6.